The molecule has 0 aliphatic carbocycles. The van der Waals surface area contributed by atoms with Crippen molar-refractivity contribution in [1.82, 2.24) is 0 Å². The van der Waals surface area contributed by atoms with Crippen molar-refractivity contribution in [2.45, 2.75) is 109 Å². The first-order chi connectivity index (χ1) is 13.2. The summed E-state index contributed by atoms with van der Waals surface area (Å²) >= 11 is 0. The number of carbonyl (C=O) groups is 3. The van der Waals surface area contributed by atoms with E-state index < -0.39 is 36.4 Å². The second-order valence-corrected chi connectivity index (χ2v) is 8.04. The van der Waals surface area contributed by atoms with E-state index in [1.54, 1.807) is 0 Å². The molecule has 0 radical (unpaired) electrons. The van der Waals surface area contributed by atoms with Gasteiger partial charge in [-0.05, 0) is 38.0 Å². The number of carboxylic acid groups (broad SMARTS) is 1. The van der Waals surface area contributed by atoms with E-state index >= 15 is 0 Å². The Morgan fingerprint density at radius 1 is 1.00 bits per heavy atom. The van der Waals surface area contributed by atoms with E-state index in [9.17, 15) is 24.6 Å². The zero-order valence-corrected chi connectivity index (χ0v) is 17.4. The predicted octanol–water partition coefficient (Wildman–Crippen LogP) is 3.61. The molecule has 4 atom stereocenters. The van der Waals surface area contributed by atoms with E-state index in [-0.39, 0.29) is 18.1 Å². The van der Waals surface area contributed by atoms with Crippen LogP contribution in [0.15, 0.2) is 0 Å². The Kier molecular flexibility index (Phi) is 10.5. The van der Waals surface area contributed by atoms with Gasteiger partial charge < -0.3 is 19.7 Å². The Morgan fingerprint density at radius 2 is 1.54 bits per heavy atom. The van der Waals surface area contributed by atoms with Gasteiger partial charge in [-0.2, -0.15) is 0 Å². The molecule has 2 N–H and O–H groups in total. The molecule has 7 nitrogen and oxygen atoms in total. The molecular weight excluding hydrogens is 364 g/mol. The standard InChI is InChI=1S/C21H36O7/c1-4-6-8-10-16-12-15(3)17(11-9-7-5-2)28-19(23)14-21(26,20(24)25)13-18(22)27-16/h15-17,26H,4-14H2,1-3H3,(H,24,25). The van der Waals surface area contributed by atoms with Gasteiger partial charge in [0.1, 0.15) is 12.2 Å². The monoisotopic (exact) mass is 400 g/mol. The Hall–Kier alpha value is -1.63. The average Bonchev–Trinajstić information content (AvgIpc) is 2.61. The van der Waals surface area contributed by atoms with Crippen LogP contribution >= 0.6 is 0 Å². The largest absolute Gasteiger partial charge is 0.479 e. The Morgan fingerprint density at radius 3 is 2.07 bits per heavy atom. The lowest BCUT2D eigenvalue weighted by atomic mass is 9.91. The van der Waals surface area contributed by atoms with Crippen LogP contribution in [0.1, 0.15) is 91.4 Å². The van der Waals surface area contributed by atoms with Crippen LogP contribution in [0.4, 0.5) is 0 Å². The van der Waals surface area contributed by atoms with Gasteiger partial charge >= 0.3 is 17.9 Å². The minimum atomic E-state index is -2.51. The Balaban J connectivity index is 3.03. The van der Waals surface area contributed by atoms with Gasteiger partial charge in [-0.15, -0.1) is 0 Å². The number of hydrogen-bond donors (Lipinski definition) is 2. The fourth-order valence-electron chi connectivity index (χ4n) is 3.60. The summed E-state index contributed by atoms with van der Waals surface area (Å²) in [4.78, 5) is 36.1. The molecule has 0 aromatic carbocycles. The molecule has 162 valence electrons. The fraction of sp³-hybridized carbons (Fsp3) is 0.857. The fourth-order valence-corrected chi connectivity index (χ4v) is 3.60. The lowest BCUT2D eigenvalue weighted by Gasteiger charge is -2.27. The van der Waals surface area contributed by atoms with Crippen molar-refractivity contribution in [3.05, 3.63) is 0 Å². The maximum Gasteiger partial charge on any atom is 0.336 e. The van der Waals surface area contributed by atoms with Gasteiger partial charge in [-0.1, -0.05) is 46.5 Å². The van der Waals surface area contributed by atoms with Gasteiger partial charge in [-0.3, -0.25) is 9.59 Å². The molecule has 1 heterocycles. The molecule has 1 saturated heterocycles. The summed E-state index contributed by atoms with van der Waals surface area (Å²) in [5.41, 5.74) is -2.51. The minimum Gasteiger partial charge on any atom is -0.479 e. The van der Waals surface area contributed by atoms with Crippen LogP contribution in [0.2, 0.25) is 0 Å². The predicted molar refractivity (Wildman–Crippen MR) is 104 cm³/mol. The van der Waals surface area contributed by atoms with Crippen molar-refractivity contribution in [2.75, 3.05) is 0 Å². The van der Waals surface area contributed by atoms with Gasteiger partial charge in [0, 0.05) is 0 Å². The van der Waals surface area contributed by atoms with Gasteiger partial charge in [0.05, 0.1) is 12.8 Å². The quantitative estimate of drug-likeness (QED) is 0.449. The number of carbonyl (C=O) groups excluding carboxylic acids is 2. The lowest BCUT2D eigenvalue weighted by Crippen LogP contribution is -2.44. The molecule has 28 heavy (non-hydrogen) atoms. The molecule has 1 rings (SSSR count). The van der Waals surface area contributed by atoms with Crippen LogP contribution in [-0.2, 0) is 23.9 Å². The third-order valence-electron chi connectivity index (χ3n) is 5.34. The highest BCUT2D eigenvalue weighted by Gasteiger charge is 2.43. The van der Waals surface area contributed by atoms with Crippen molar-refractivity contribution in [1.29, 1.82) is 0 Å². The highest BCUT2D eigenvalue weighted by atomic mass is 16.6. The SMILES string of the molecule is CCCCCC1CC(C)C(CCCCC)OC(=O)CC(O)(C(=O)O)CC(=O)O1. The molecule has 1 aliphatic rings. The van der Waals surface area contributed by atoms with Gasteiger partial charge in [0.2, 0.25) is 0 Å². The summed E-state index contributed by atoms with van der Waals surface area (Å²) in [7, 11) is 0. The zero-order valence-electron chi connectivity index (χ0n) is 17.4. The number of esters is 2. The number of hydrogen-bond acceptors (Lipinski definition) is 6. The first kappa shape index (κ1) is 24.4. The van der Waals surface area contributed by atoms with Crippen LogP contribution in [0.5, 0.6) is 0 Å². The molecule has 0 aromatic rings. The summed E-state index contributed by atoms with van der Waals surface area (Å²) in [6.45, 7) is 6.14. The summed E-state index contributed by atoms with van der Waals surface area (Å²) in [5.74, 6) is -3.25. The van der Waals surface area contributed by atoms with E-state index in [1.165, 1.54) is 0 Å². The molecule has 0 saturated carbocycles. The normalized spacial score (nSPS) is 29.5. The van der Waals surface area contributed by atoms with Crippen molar-refractivity contribution < 1.29 is 34.1 Å². The van der Waals surface area contributed by atoms with Crippen LogP contribution in [0, 0.1) is 5.92 Å². The third-order valence-corrected chi connectivity index (χ3v) is 5.34. The smallest absolute Gasteiger partial charge is 0.336 e. The number of carboxylic acids is 1. The van der Waals surface area contributed by atoms with Crippen molar-refractivity contribution in [3.8, 4) is 0 Å². The van der Waals surface area contributed by atoms with Crippen LogP contribution < -0.4 is 0 Å². The van der Waals surface area contributed by atoms with E-state index in [1.807, 2.05) is 6.92 Å². The molecule has 1 aliphatic heterocycles. The molecule has 4 unspecified atom stereocenters. The van der Waals surface area contributed by atoms with Gasteiger partial charge in [-0.25, -0.2) is 4.79 Å². The second kappa shape index (κ2) is 12.0. The highest BCUT2D eigenvalue weighted by Crippen LogP contribution is 2.28. The van der Waals surface area contributed by atoms with Crippen LogP contribution in [0.25, 0.3) is 0 Å². The summed E-state index contributed by atoms with van der Waals surface area (Å²) < 4.78 is 11.1. The Bertz CT molecular complexity index is 519. The third kappa shape index (κ3) is 8.17. The van der Waals surface area contributed by atoms with Crippen molar-refractivity contribution in [3.63, 3.8) is 0 Å². The molecule has 0 bridgehead atoms. The lowest BCUT2D eigenvalue weighted by molar-refractivity contribution is -0.175. The maximum absolute atomic E-state index is 12.3. The van der Waals surface area contributed by atoms with Crippen molar-refractivity contribution in [2.24, 2.45) is 5.92 Å². The summed E-state index contributed by atoms with van der Waals surface area (Å²) in [6, 6.07) is 0. The van der Waals surface area contributed by atoms with Gasteiger partial charge in [0.15, 0.2) is 5.60 Å². The number of aliphatic carboxylic acids is 1. The summed E-state index contributed by atoms with van der Waals surface area (Å²) in [5, 5.41) is 19.7. The first-order valence-electron chi connectivity index (χ1n) is 10.6. The molecule has 0 aromatic heterocycles. The van der Waals surface area contributed by atoms with E-state index in [4.69, 9.17) is 9.47 Å². The van der Waals surface area contributed by atoms with E-state index in [2.05, 4.69) is 13.8 Å². The van der Waals surface area contributed by atoms with Crippen LogP contribution in [-0.4, -0.2) is 45.9 Å². The number of unbranched alkanes of at least 4 members (excludes halogenated alkanes) is 4. The highest BCUT2D eigenvalue weighted by molar-refractivity contribution is 5.89. The van der Waals surface area contributed by atoms with E-state index in [0.29, 0.717) is 19.3 Å². The van der Waals surface area contributed by atoms with Gasteiger partial charge in [0.25, 0.3) is 0 Å². The first-order valence-corrected chi connectivity index (χ1v) is 10.6. The van der Waals surface area contributed by atoms with Crippen LogP contribution in [0.3, 0.4) is 0 Å². The number of ether oxygens (including phenoxy) is 2. The molecule has 0 amide bonds. The molecular formula is C21H36O7. The molecule has 1 fully saturated rings. The number of cyclic esters (lactones) is 2. The topological polar surface area (TPSA) is 110 Å². The number of rotatable bonds is 9. The van der Waals surface area contributed by atoms with E-state index in [0.717, 1.165) is 38.5 Å². The maximum atomic E-state index is 12.3. The zero-order chi connectivity index (χ0) is 21.2. The van der Waals surface area contributed by atoms with Crippen molar-refractivity contribution >= 4 is 17.9 Å². The minimum absolute atomic E-state index is 0.0312. The Labute approximate surface area is 167 Å². The second-order valence-electron chi connectivity index (χ2n) is 8.04. The summed E-state index contributed by atoms with van der Waals surface area (Å²) in [6.07, 6.45) is 5.46. The molecule has 7 heteroatoms. The average molecular weight is 401 g/mol. The molecule has 0 spiro atoms. The number of aliphatic hydroxyl groups is 1.